The van der Waals surface area contributed by atoms with E-state index in [1.165, 1.54) is 27.2 Å². The van der Waals surface area contributed by atoms with Gasteiger partial charge < -0.3 is 0 Å². The summed E-state index contributed by atoms with van der Waals surface area (Å²) in [6.07, 6.45) is 7.64. The van der Waals surface area contributed by atoms with Gasteiger partial charge in [0.25, 0.3) is 0 Å². The van der Waals surface area contributed by atoms with Crippen LogP contribution in [0.1, 0.15) is 5.56 Å². The largest absolute Gasteiger partial charge is 0.222 e. The molecule has 112 valence electrons. The molecule has 0 amide bonds. The number of allylic oxidation sites excluding steroid dienone is 1. The average Bonchev–Trinajstić information content (AvgIpc) is 2.46. The minimum absolute atomic E-state index is 1.04. The van der Waals surface area contributed by atoms with Crippen LogP contribution in [0, 0.1) is 10.2 Å². The van der Waals surface area contributed by atoms with E-state index in [0.29, 0.717) is 0 Å². The van der Waals surface area contributed by atoms with Crippen LogP contribution in [0.4, 0.5) is 0 Å². The van der Waals surface area contributed by atoms with Gasteiger partial charge in [0.05, 0.1) is 5.39 Å². The number of aromatic nitrogens is 1. The Hall–Kier alpha value is -2.02. The van der Waals surface area contributed by atoms with Gasteiger partial charge in [0.15, 0.2) is 12.4 Å². The second-order valence-electron chi connectivity index (χ2n) is 4.90. The molecule has 0 atom stereocenters. The molecule has 0 bridgehead atoms. The van der Waals surface area contributed by atoms with Crippen LogP contribution in [-0.4, -0.2) is 0 Å². The maximum Gasteiger partial charge on any atom is 0.222 e. The molecular weight excluding hydrogens is 306 g/mol. The van der Waals surface area contributed by atoms with Gasteiger partial charge in [-0.2, -0.15) is 4.57 Å². The second kappa shape index (κ2) is 5.64. The molecule has 1 aromatic heterocycles. The Morgan fingerprint density at radius 1 is 0.864 bits per heavy atom. The Labute approximate surface area is 128 Å². The van der Waals surface area contributed by atoms with Gasteiger partial charge in [0, 0.05) is 22.8 Å². The number of hydrogen-bond acceptors (Lipinski definition) is 4. The number of halogens is 1. The molecule has 0 N–H and O–H groups in total. The summed E-state index contributed by atoms with van der Waals surface area (Å²) in [4.78, 5) is 0. The highest BCUT2D eigenvalue weighted by Crippen LogP contribution is 2.26. The lowest BCUT2D eigenvalue weighted by molar-refractivity contribution is -2.00. The molecule has 6 heteroatoms. The highest BCUT2D eigenvalue weighted by molar-refractivity contribution is 6.05. The SMILES string of the molecule is C1=C[n+]2cc3ccccc3c3cccc(c32)C1.[O-][Cl+3]([O-])([O-])[O-]. The third-order valence-electron chi connectivity index (χ3n) is 3.51. The zero-order valence-corrected chi connectivity index (χ0v) is 12.2. The lowest BCUT2D eigenvalue weighted by Gasteiger charge is -2.17. The van der Waals surface area contributed by atoms with E-state index in [2.05, 4.69) is 65.5 Å². The molecule has 1 aliphatic rings. The highest BCUT2D eigenvalue weighted by Gasteiger charge is 2.17. The van der Waals surface area contributed by atoms with E-state index in [1.54, 1.807) is 0 Å². The summed E-state index contributed by atoms with van der Waals surface area (Å²) in [5.41, 5.74) is 2.77. The van der Waals surface area contributed by atoms with Crippen LogP contribution in [0.25, 0.3) is 27.9 Å². The number of hydrogen-bond donors (Lipinski definition) is 0. The van der Waals surface area contributed by atoms with E-state index in [4.69, 9.17) is 18.6 Å². The van der Waals surface area contributed by atoms with Crippen molar-refractivity contribution in [2.75, 3.05) is 0 Å². The predicted molar refractivity (Wildman–Crippen MR) is 70.7 cm³/mol. The normalized spacial score (nSPS) is 13.1. The monoisotopic (exact) mass is 317 g/mol. The van der Waals surface area contributed by atoms with Crippen LogP contribution < -0.4 is 23.2 Å². The van der Waals surface area contributed by atoms with Crippen LogP contribution in [0.5, 0.6) is 0 Å². The average molecular weight is 318 g/mol. The zero-order chi connectivity index (χ0) is 15.7. The molecule has 4 rings (SSSR count). The van der Waals surface area contributed by atoms with E-state index in [0.717, 1.165) is 6.42 Å². The van der Waals surface area contributed by atoms with E-state index in [9.17, 15) is 0 Å². The lowest BCUT2D eigenvalue weighted by atomic mass is 10.00. The molecular formula is C16H12ClNO4. The minimum Gasteiger partial charge on any atom is -0.222 e. The fraction of sp³-hybridized carbons (Fsp3) is 0.0625. The summed E-state index contributed by atoms with van der Waals surface area (Å²) >= 11 is 0. The summed E-state index contributed by atoms with van der Waals surface area (Å²) < 4.78 is 36.2. The Bertz CT molecular complexity index is 865. The second-order valence-corrected chi connectivity index (χ2v) is 5.66. The van der Waals surface area contributed by atoms with Gasteiger partial charge in [-0.1, -0.05) is 30.3 Å². The Balaban J connectivity index is 0.000000254. The molecule has 0 aliphatic carbocycles. The number of benzene rings is 2. The van der Waals surface area contributed by atoms with Crippen molar-refractivity contribution in [2.24, 2.45) is 0 Å². The van der Waals surface area contributed by atoms with Gasteiger partial charge in [0.2, 0.25) is 5.52 Å². The highest BCUT2D eigenvalue weighted by atomic mass is 35.7. The Morgan fingerprint density at radius 3 is 2.32 bits per heavy atom. The standard InChI is InChI=1S/C16H12N.ClHO4/c1-2-8-14-13(5-1)11-17-10-4-7-12-6-3-9-15(14)16(12)17;2-1(3,4)5/h1-6,8-11H,7H2;(H,2,3,4,5)/q+1;/p-1. The smallest absolute Gasteiger partial charge is 0.222 e. The van der Waals surface area contributed by atoms with Crippen molar-refractivity contribution >= 4 is 27.9 Å². The summed E-state index contributed by atoms with van der Waals surface area (Å²) in [6, 6.07) is 15.2. The minimum atomic E-state index is -4.94. The number of fused-ring (bicyclic) bond motifs is 2. The van der Waals surface area contributed by atoms with Crippen LogP contribution >= 0.6 is 0 Å². The van der Waals surface area contributed by atoms with Crippen LogP contribution in [0.2, 0.25) is 0 Å². The number of rotatable bonds is 0. The van der Waals surface area contributed by atoms with Crippen molar-refractivity contribution < 1.29 is 33.4 Å². The molecule has 0 saturated carbocycles. The van der Waals surface area contributed by atoms with Crippen molar-refractivity contribution in [1.82, 2.24) is 0 Å². The van der Waals surface area contributed by atoms with Gasteiger partial charge in [0.1, 0.15) is 0 Å². The quantitative estimate of drug-likeness (QED) is 0.374. The van der Waals surface area contributed by atoms with Gasteiger partial charge >= 0.3 is 0 Å². The summed E-state index contributed by atoms with van der Waals surface area (Å²) in [7, 11) is -4.94. The van der Waals surface area contributed by atoms with Gasteiger partial charge in [-0.3, -0.25) is 0 Å². The molecule has 2 aromatic carbocycles. The summed E-state index contributed by atoms with van der Waals surface area (Å²) in [5, 5.41) is 3.99. The number of para-hydroxylation sites is 1. The first kappa shape index (κ1) is 14.9. The maximum absolute atomic E-state index is 8.49. The molecule has 0 fully saturated rings. The maximum atomic E-state index is 8.49. The van der Waals surface area contributed by atoms with E-state index < -0.39 is 10.2 Å². The Kier molecular flexibility index (Phi) is 3.82. The molecule has 22 heavy (non-hydrogen) atoms. The van der Waals surface area contributed by atoms with E-state index >= 15 is 0 Å². The van der Waals surface area contributed by atoms with Crippen LogP contribution in [0.3, 0.4) is 0 Å². The molecule has 1 aliphatic heterocycles. The van der Waals surface area contributed by atoms with Gasteiger partial charge in [-0.15, -0.1) is 10.2 Å². The molecule has 5 nitrogen and oxygen atoms in total. The van der Waals surface area contributed by atoms with Crippen LogP contribution in [-0.2, 0) is 6.42 Å². The molecule has 0 radical (unpaired) electrons. The number of pyridine rings is 1. The zero-order valence-electron chi connectivity index (χ0n) is 11.4. The van der Waals surface area contributed by atoms with Crippen molar-refractivity contribution in [3.63, 3.8) is 0 Å². The molecule has 0 spiro atoms. The fourth-order valence-electron chi connectivity index (χ4n) is 2.76. The summed E-state index contributed by atoms with van der Waals surface area (Å²) in [5.74, 6) is 0. The van der Waals surface area contributed by atoms with Crippen molar-refractivity contribution in [2.45, 2.75) is 6.42 Å². The van der Waals surface area contributed by atoms with Crippen molar-refractivity contribution in [3.05, 3.63) is 60.3 Å². The first-order chi connectivity index (χ1) is 10.4. The van der Waals surface area contributed by atoms with Crippen molar-refractivity contribution in [1.29, 1.82) is 0 Å². The lowest BCUT2D eigenvalue weighted by Crippen LogP contribution is -2.68. The fourth-order valence-corrected chi connectivity index (χ4v) is 2.76. The van der Waals surface area contributed by atoms with Crippen LogP contribution in [0.15, 0.2) is 54.7 Å². The molecule has 0 unspecified atom stereocenters. The Morgan fingerprint density at radius 2 is 1.55 bits per heavy atom. The first-order valence-electron chi connectivity index (χ1n) is 6.56. The van der Waals surface area contributed by atoms with Crippen molar-refractivity contribution in [3.8, 4) is 0 Å². The van der Waals surface area contributed by atoms with Gasteiger partial charge in [-0.25, -0.2) is 18.6 Å². The van der Waals surface area contributed by atoms with E-state index in [-0.39, 0.29) is 0 Å². The summed E-state index contributed by atoms with van der Waals surface area (Å²) in [6.45, 7) is 0. The molecule has 0 saturated heterocycles. The third-order valence-corrected chi connectivity index (χ3v) is 3.51. The first-order valence-corrected chi connectivity index (χ1v) is 7.80. The topological polar surface area (TPSA) is 96.1 Å². The van der Waals surface area contributed by atoms with E-state index in [1.807, 2.05) is 0 Å². The molecule has 2 heterocycles. The van der Waals surface area contributed by atoms with Gasteiger partial charge in [-0.05, 0) is 18.2 Å². The predicted octanol–water partition coefficient (Wildman–Crippen LogP) is -1.45. The molecule has 3 aromatic rings. The third kappa shape index (κ3) is 3.09. The number of nitrogens with zero attached hydrogens (tertiary/aromatic N) is 1.